The van der Waals surface area contributed by atoms with Crippen molar-refractivity contribution in [2.45, 2.75) is 63.3 Å². The zero-order valence-electron chi connectivity index (χ0n) is 11.3. The summed E-state index contributed by atoms with van der Waals surface area (Å²) in [6.45, 7) is 4.98. The monoisotopic (exact) mass is 258 g/mol. The van der Waals surface area contributed by atoms with Crippen molar-refractivity contribution in [3.63, 3.8) is 0 Å². The zero-order chi connectivity index (χ0) is 12.7. The number of hydrogen-bond acceptors (Lipinski definition) is 3. The molecule has 0 bridgehead atoms. The topological polar surface area (TPSA) is 41.1 Å². The number of amides is 1. The van der Waals surface area contributed by atoms with Crippen LogP contribution in [0, 0.1) is 0 Å². The molecule has 17 heavy (non-hydrogen) atoms. The van der Waals surface area contributed by atoms with Crippen LogP contribution in [0.1, 0.15) is 46.0 Å². The summed E-state index contributed by atoms with van der Waals surface area (Å²) in [6.07, 6.45) is 7.57. The van der Waals surface area contributed by atoms with Crippen LogP contribution >= 0.6 is 11.8 Å². The van der Waals surface area contributed by atoms with Crippen molar-refractivity contribution in [2.24, 2.45) is 0 Å². The van der Waals surface area contributed by atoms with Crippen LogP contribution in [0.5, 0.6) is 0 Å². The van der Waals surface area contributed by atoms with Crippen LogP contribution in [0.3, 0.4) is 0 Å². The summed E-state index contributed by atoms with van der Waals surface area (Å²) in [5.41, 5.74) is 0. The molecule has 1 rings (SSSR count). The first-order valence-electron chi connectivity index (χ1n) is 6.67. The van der Waals surface area contributed by atoms with Crippen LogP contribution < -0.4 is 10.6 Å². The van der Waals surface area contributed by atoms with Gasteiger partial charge < -0.3 is 10.6 Å². The van der Waals surface area contributed by atoms with Gasteiger partial charge in [0.25, 0.3) is 0 Å². The fourth-order valence-corrected chi connectivity index (χ4v) is 2.96. The zero-order valence-corrected chi connectivity index (χ0v) is 12.1. The molecule has 0 aliphatic heterocycles. The second-order valence-corrected chi connectivity index (χ2v) is 6.27. The quantitative estimate of drug-likeness (QED) is 0.767. The van der Waals surface area contributed by atoms with Crippen molar-refractivity contribution < 1.29 is 4.79 Å². The lowest BCUT2D eigenvalue weighted by atomic mass is 9.95. The third-order valence-electron chi connectivity index (χ3n) is 3.28. The smallest absolute Gasteiger partial charge is 0.221 e. The molecule has 1 fully saturated rings. The second-order valence-electron chi connectivity index (χ2n) is 5.14. The largest absolute Gasteiger partial charge is 0.353 e. The third-order valence-corrected chi connectivity index (χ3v) is 4.42. The summed E-state index contributed by atoms with van der Waals surface area (Å²) in [4.78, 5) is 11.7. The van der Waals surface area contributed by atoms with Gasteiger partial charge in [0.1, 0.15) is 0 Å². The molecule has 0 atom stereocenters. The van der Waals surface area contributed by atoms with Gasteiger partial charge in [-0.3, -0.25) is 4.79 Å². The predicted molar refractivity (Wildman–Crippen MR) is 75.5 cm³/mol. The maximum absolute atomic E-state index is 11.7. The molecule has 0 unspecified atom stereocenters. The van der Waals surface area contributed by atoms with E-state index in [-0.39, 0.29) is 5.91 Å². The molecule has 0 aromatic carbocycles. The van der Waals surface area contributed by atoms with Crippen LogP contribution in [0.2, 0.25) is 0 Å². The van der Waals surface area contributed by atoms with Crippen LogP contribution in [0.4, 0.5) is 0 Å². The summed E-state index contributed by atoms with van der Waals surface area (Å²) in [5.74, 6) is 0.200. The van der Waals surface area contributed by atoms with Crippen molar-refractivity contribution in [2.75, 3.05) is 12.8 Å². The van der Waals surface area contributed by atoms with E-state index in [4.69, 9.17) is 0 Å². The molecule has 1 saturated carbocycles. The Bertz CT molecular complexity index is 225. The molecular formula is C13H26N2OS. The van der Waals surface area contributed by atoms with Crippen LogP contribution in [-0.4, -0.2) is 36.0 Å². The van der Waals surface area contributed by atoms with E-state index in [0.717, 1.165) is 24.6 Å². The Hall–Kier alpha value is -0.220. The van der Waals surface area contributed by atoms with Gasteiger partial charge in [0.15, 0.2) is 0 Å². The number of hydrogen-bond donors (Lipinski definition) is 2. The lowest BCUT2D eigenvalue weighted by Gasteiger charge is -2.28. The van der Waals surface area contributed by atoms with Gasteiger partial charge in [-0.05, 0) is 31.9 Å². The Balaban J connectivity index is 2.10. The van der Waals surface area contributed by atoms with Gasteiger partial charge in [0, 0.05) is 30.3 Å². The van der Waals surface area contributed by atoms with Crippen molar-refractivity contribution >= 4 is 17.7 Å². The van der Waals surface area contributed by atoms with Gasteiger partial charge in [0.05, 0.1) is 0 Å². The second kappa shape index (κ2) is 7.98. The highest BCUT2D eigenvalue weighted by Gasteiger charge is 2.21. The molecule has 100 valence electrons. The molecule has 0 heterocycles. The Morgan fingerprint density at radius 1 is 1.29 bits per heavy atom. The third kappa shape index (κ3) is 6.32. The molecular weight excluding hydrogens is 232 g/mol. The number of carbonyl (C=O) groups excluding carboxylic acids is 1. The van der Waals surface area contributed by atoms with E-state index in [1.54, 1.807) is 0 Å². The normalized spacial score (nSPS) is 24.9. The molecule has 0 spiro atoms. The molecule has 1 aliphatic rings. The van der Waals surface area contributed by atoms with E-state index in [0.29, 0.717) is 18.5 Å². The van der Waals surface area contributed by atoms with Gasteiger partial charge in [-0.15, -0.1) is 0 Å². The van der Waals surface area contributed by atoms with E-state index in [2.05, 4.69) is 30.7 Å². The Kier molecular flexibility index (Phi) is 6.97. The van der Waals surface area contributed by atoms with E-state index in [9.17, 15) is 4.79 Å². The van der Waals surface area contributed by atoms with E-state index in [1.807, 2.05) is 11.8 Å². The maximum atomic E-state index is 11.7. The molecule has 2 N–H and O–H groups in total. The minimum Gasteiger partial charge on any atom is -0.353 e. The SMILES string of the molecule is CSC1CCC(NC(=O)CCNC(C)C)CC1. The number of rotatable bonds is 6. The van der Waals surface area contributed by atoms with E-state index in [1.165, 1.54) is 12.8 Å². The van der Waals surface area contributed by atoms with E-state index < -0.39 is 0 Å². The van der Waals surface area contributed by atoms with Gasteiger partial charge in [0.2, 0.25) is 5.91 Å². The molecule has 4 heteroatoms. The van der Waals surface area contributed by atoms with Crippen molar-refractivity contribution in [3.05, 3.63) is 0 Å². The fourth-order valence-electron chi connectivity index (χ4n) is 2.22. The first kappa shape index (κ1) is 14.8. The summed E-state index contributed by atoms with van der Waals surface area (Å²) in [6, 6.07) is 0.879. The fraction of sp³-hybridized carbons (Fsp3) is 0.923. The summed E-state index contributed by atoms with van der Waals surface area (Å²) in [5, 5.41) is 7.23. The summed E-state index contributed by atoms with van der Waals surface area (Å²) >= 11 is 1.96. The van der Waals surface area contributed by atoms with Crippen molar-refractivity contribution in [1.29, 1.82) is 0 Å². The Morgan fingerprint density at radius 2 is 1.94 bits per heavy atom. The van der Waals surface area contributed by atoms with Crippen LogP contribution in [0.25, 0.3) is 0 Å². The van der Waals surface area contributed by atoms with Gasteiger partial charge >= 0.3 is 0 Å². The molecule has 0 aromatic heterocycles. The molecule has 1 amide bonds. The molecule has 0 radical (unpaired) electrons. The predicted octanol–water partition coefficient (Wildman–Crippen LogP) is 2.16. The minimum atomic E-state index is 0.200. The average molecular weight is 258 g/mol. The van der Waals surface area contributed by atoms with Gasteiger partial charge in [-0.25, -0.2) is 0 Å². The highest BCUT2D eigenvalue weighted by molar-refractivity contribution is 7.99. The van der Waals surface area contributed by atoms with Crippen molar-refractivity contribution in [3.8, 4) is 0 Å². The maximum Gasteiger partial charge on any atom is 0.221 e. The minimum absolute atomic E-state index is 0.200. The Morgan fingerprint density at radius 3 is 2.47 bits per heavy atom. The lowest BCUT2D eigenvalue weighted by Crippen LogP contribution is -2.39. The summed E-state index contributed by atoms with van der Waals surface area (Å²) < 4.78 is 0. The first-order chi connectivity index (χ1) is 8.11. The highest BCUT2D eigenvalue weighted by atomic mass is 32.2. The lowest BCUT2D eigenvalue weighted by molar-refractivity contribution is -0.121. The number of carbonyl (C=O) groups is 1. The van der Waals surface area contributed by atoms with E-state index >= 15 is 0 Å². The standard InChI is InChI=1S/C13H26N2OS/c1-10(2)14-9-8-13(16)15-11-4-6-12(17-3)7-5-11/h10-12,14H,4-9H2,1-3H3,(H,15,16). The van der Waals surface area contributed by atoms with Gasteiger partial charge in [-0.2, -0.15) is 11.8 Å². The first-order valence-corrected chi connectivity index (χ1v) is 7.96. The number of thioether (sulfide) groups is 1. The molecule has 3 nitrogen and oxygen atoms in total. The molecule has 1 aliphatic carbocycles. The molecule has 0 aromatic rings. The average Bonchev–Trinajstić information content (AvgIpc) is 2.29. The van der Waals surface area contributed by atoms with Crippen LogP contribution in [0.15, 0.2) is 0 Å². The van der Waals surface area contributed by atoms with Gasteiger partial charge in [-0.1, -0.05) is 13.8 Å². The van der Waals surface area contributed by atoms with Crippen LogP contribution in [-0.2, 0) is 4.79 Å². The Labute approximate surface area is 109 Å². The number of nitrogens with one attached hydrogen (secondary N) is 2. The van der Waals surface area contributed by atoms with Crippen molar-refractivity contribution in [1.82, 2.24) is 10.6 Å². The highest BCUT2D eigenvalue weighted by Crippen LogP contribution is 2.26. The molecule has 0 saturated heterocycles. The summed E-state index contributed by atoms with van der Waals surface area (Å²) in [7, 11) is 0.